The summed E-state index contributed by atoms with van der Waals surface area (Å²) in [6, 6.07) is 0. The molecule has 0 spiro atoms. The zero-order chi connectivity index (χ0) is 19.3. The first-order valence-electron chi connectivity index (χ1n) is 11.1. The molecule has 152 valence electrons. The Labute approximate surface area is 168 Å². The van der Waals surface area contributed by atoms with E-state index in [1.807, 2.05) is 19.0 Å². The van der Waals surface area contributed by atoms with Gasteiger partial charge in [-0.2, -0.15) is 4.98 Å². The Kier molecular flexibility index (Phi) is 4.48. The summed E-state index contributed by atoms with van der Waals surface area (Å²) in [7, 11) is 3.95. The maximum absolute atomic E-state index is 13.0. The van der Waals surface area contributed by atoms with Crippen LogP contribution in [0.25, 0.3) is 0 Å². The largest absolute Gasteiger partial charge is 0.361 e. The van der Waals surface area contributed by atoms with E-state index in [1.165, 1.54) is 51.4 Å². The summed E-state index contributed by atoms with van der Waals surface area (Å²) in [6.07, 6.45) is 12.9. The van der Waals surface area contributed by atoms with E-state index in [9.17, 15) is 4.79 Å². The van der Waals surface area contributed by atoms with Crippen molar-refractivity contribution in [1.29, 1.82) is 0 Å². The van der Waals surface area contributed by atoms with E-state index in [0.29, 0.717) is 6.42 Å². The fraction of sp³-hybridized carbons (Fsp3) is 0.773. The lowest BCUT2D eigenvalue weighted by Crippen LogP contribution is -2.47. The number of amides is 1. The molecule has 1 aromatic heterocycles. The lowest BCUT2D eigenvalue weighted by Gasteiger charge is -2.56. The molecule has 28 heavy (non-hydrogen) atoms. The monoisotopic (exact) mass is 383 g/mol. The second-order valence-electron chi connectivity index (χ2n) is 10.1. The van der Waals surface area contributed by atoms with Crippen molar-refractivity contribution >= 4 is 23.4 Å². The zero-order valence-electron chi connectivity index (χ0n) is 17.3. The molecule has 1 aromatic rings. The van der Waals surface area contributed by atoms with E-state index >= 15 is 0 Å². The average Bonchev–Trinajstić information content (AvgIpc) is 3.14. The highest BCUT2D eigenvalue weighted by atomic mass is 16.1. The maximum atomic E-state index is 13.0. The van der Waals surface area contributed by atoms with Crippen molar-refractivity contribution in [3.05, 3.63) is 6.20 Å². The van der Waals surface area contributed by atoms with Gasteiger partial charge in [-0.1, -0.05) is 0 Å². The Hall–Kier alpha value is -1.85. The standard InChI is InChI=1S/C22H33N5O/c1-26(2)20-18(14-23-21(25-20)27-5-3-4-6-27)24-19(28)13-22-10-15-7-16(11-22)9-17(8-15)12-22/h14-17H,3-13H2,1-2H3,(H,24,28). The van der Waals surface area contributed by atoms with Gasteiger partial charge in [0.05, 0.1) is 6.20 Å². The van der Waals surface area contributed by atoms with E-state index in [4.69, 9.17) is 4.98 Å². The van der Waals surface area contributed by atoms with Gasteiger partial charge in [0.25, 0.3) is 0 Å². The summed E-state index contributed by atoms with van der Waals surface area (Å²) in [5.41, 5.74) is 0.996. The zero-order valence-corrected chi connectivity index (χ0v) is 17.3. The van der Waals surface area contributed by atoms with Crippen LogP contribution in [-0.2, 0) is 4.79 Å². The van der Waals surface area contributed by atoms with E-state index in [2.05, 4.69) is 15.2 Å². The number of hydrogen-bond donors (Lipinski definition) is 1. The third kappa shape index (κ3) is 3.35. The highest BCUT2D eigenvalue weighted by molar-refractivity contribution is 5.94. The van der Waals surface area contributed by atoms with Crippen LogP contribution in [-0.4, -0.2) is 43.1 Å². The molecule has 4 aliphatic carbocycles. The van der Waals surface area contributed by atoms with Crippen molar-refractivity contribution in [1.82, 2.24) is 9.97 Å². The average molecular weight is 384 g/mol. The minimum atomic E-state index is 0.141. The predicted octanol–water partition coefficient (Wildman–Crippen LogP) is 3.69. The van der Waals surface area contributed by atoms with Gasteiger partial charge in [0.2, 0.25) is 11.9 Å². The molecule has 0 atom stereocenters. The molecule has 1 saturated heterocycles. The minimum absolute atomic E-state index is 0.141. The molecule has 6 heteroatoms. The molecule has 2 heterocycles. The molecule has 1 amide bonds. The smallest absolute Gasteiger partial charge is 0.227 e. The van der Waals surface area contributed by atoms with Gasteiger partial charge in [-0.25, -0.2) is 4.98 Å². The minimum Gasteiger partial charge on any atom is -0.361 e. The third-order valence-corrected chi connectivity index (χ3v) is 7.54. The van der Waals surface area contributed by atoms with Crippen molar-refractivity contribution in [2.75, 3.05) is 42.3 Å². The van der Waals surface area contributed by atoms with Gasteiger partial charge < -0.3 is 15.1 Å². The topological polar surface area (TPSA) is 61.4 Å². The molecule has 6 rings (SSSR count). The SMILES string of the molecule is CN(C)c1nc(N2CCCC2)ncc1NC(=O)CC12CC3CC(CC(C3)C1)C2. The Balaban J connectivity index is 1.30. The molecular weight excluding hydrogens is 350 g/mol. The number of nitrogens with zero attached hydrogens (tertiary/aromatic N) is 4. The Bertz CT molecular complexity index is 720. The number of hydrogen-bond acceptors (Lipinski definition) is 5. The van der Waals surface area contributed by atoms with Gasteiger partial charge in [-0.15, -0.1) is 0 Å². The highest BCUT2D eigenvalue weighted by Gasteiger charge is 2.51. The van der Waals surface area contributed by atoms with E-state index < -0.39 is 0 Å². The molecule has 0 radical (unpaired) electrons. The first-order chi connectivity index (χ1) is 13.5. The van der Waals surface area contributed by atoms with Crippen molar-refractivity contribution in [2.45, 2.75) is 57.8 Å². The number of carbonyl (C=O) groups is 1. The number of aromatic nitrogens is 2. The van der Waals surface area contributed by atoms with Gasteiger partial charge in [-0.3, -0.25) is 4.79 Å². The number of nitrogens with one attached hydrogen (secondary N) is 1. The Morgan fingerprint density at radius 1 is 1.14 bits per heavy atom. The summed E-state index contributed by atoms with van der Waals surface area (Å²) in [5, 5.41) is 3.16. The predicted molar refractivity (Wildman–Crippen MR) is 112 cm³/mol. The summed E-state index contributed by atoms with van der Waals surface area (Å²) in [4.78, 5) is 26.5. The molecule has 1 N–H and O–H groups in total. The summed E-state index contributed by atoms with van der Waals surface area (Å²) in [6.45, 7) is 2.04. The van der Waals surface area contributed by atoms with Gasteiger partial charge >= 0.3 is 0 Å². The van der Waals surface area contributed by atoms with Crippen molar-refractivity contribution in [3.63, 3.8) is 0 Å². The molecule has 0 unspecified atom stereocenters. The number of rotatable bonds is 5. The third-order valence-electron chi connectivity index (χ3n) is 7.54. The van der Waals surface area contributed by atoms with Gasteiger partial charge in [0, 0.05) is 33.6 Å². The second kappa shape index (κ2) is 6.89. The van der Waals surface area contributed by atoms with E-state index in [0.717, 1.165) is 48.3 Å². The Morgan fingerprint density at radius 2 is 1.75 bits per heavy atom. The Morgan fingerprint density at radius 3 is 2.32 bits per heavy atom. The summed E-state index contributed by atoms with van der Waals surface area (Å²) < 4.78 is 0. The summed E-state index contributed by atoms with van der Waals surface area (Å²) >= 11 is 0. The second-order valence-corrected chi connectivity index (χ2v) is 10.1. The van der Waals surface area contributed by atoms with Crippen LogP contribution in [0, 0.1) is 23.2 Å². The number of carbonyl (C=O) groups excluding carboxylic acids is 1. The fourth-order valence-corrected chi connectivity index (χ4v) is 6.90. The van der Waals surface area contributed by atoms with Gasteiger partial charge in [0.15, 0.2) is 5.82 Å². The van der Waals surface area contributed by atoms with Crippen LogP contribution in [0.15, 0.2) is 6.20 Å². The highest BCUT2D eigenvalue weighted by Crippen LogP contribution is 2.61. The molecule has 4 bridgehead atoms. The van der Waals surface area contributed by atoms with E-state index in [1.54, 1.807) is 6.20 Å². The molecular formula is C22H33N5O. The number of anilines is 3. The molecule has 4 saturated carbocycles. The van der Waals surface area contributed by atoms with Crippen molar-refractivity contribution in [2.24, 2.45) is 23.2 Å². The molecule has 5 aliphatic rings. The van der Waals surface area contributed by atoms with E-state index in [-0.39, 0.29) is 11.3 Å². The first-order valence-corrected chi connectivity index (χ1v) is 11.1. The van der Waals surface area contributed by atoms with Crippen molar-refractivity contribution in [3.8, 4) is 0 Å². The molecule has 1 aliphatic heterocycles. The lowest BCUT2D eigenvalue weighted by atomic mass is 9.49. The van der Waals surface area contributed by atoms with Crippen LogP contribution in [0.3, 0.4) is 0 Å². The van der Waals surface area contributed by atoms with Crippen LogP contribution in [0.1, 0.15) is 57.8 Å². The van der Waals surface area contributed by atoms with Crippen LogP contribution >= 0.6 is 0 Å². The molecule has 6 nitrogen and oxygen atoms in total. The molecule has 5 fully saturated rings. The fourth-order valence-electron chi connectivity index (χ4n) is 6.90. The van der Waals surface area contributed by atoms with Gasteiger partial charge in [0.1, 0.15) is 5.69 Å². The van der Waals surface area contributed by atoms with Crippen molar-refractivity contribution < 1.29 is 4.79 Å². The quantitative estimate of drug-likeness (QED) is 0.840. The molecule has 0 aromatic carbocycles. The van der Waals surface area contributed by atoms with Crippen LogP contribution in [0.4, 0.5) is 17.5 Å². The lowest BCUT2D eigenvalue weighted by molar-refractivity contribution is -0.124. The first kappa shape index (κ1) is 18.2. The normalized spacial score (nSPS) is 33.4. The van der Waals surface area contributed by atoms with Crippen LogP contribution < -0.4 is 15.1 Å². The maximum Gasteiger partial charge on any atom is 0.227 e. The van der Waals surface area contributed by atoms with Gasteiger partial charge in [-0.05, 0) is 74.5 Å². The van der Waals surface area contributed by atoms with Crippen LogP contribution in [0.2, 0.25) is 0 Å². The van der Waals surface area contributed by atoms with Crippen LogP contribution in [0.5, 0.6) is 0 Å². The summed E-state index contributed by atoms with van der Waals surface area (Å²) in [5.74, 6) is 4.34.